The third-order valence-electron chi connectivity index (χ3n) is 2.57. The number of hydrogen-bond acceptors (Lipinski definition) is 4. The van der Waals surface area contributed by atoms with Crippen molar-refractivity contribution in [2.45, 2.75) is 13.0 Å². The summed E-state index contributed by atoms with van der Waals surface area (Å²) in [5.41, 5.74) is 1.52. The molecule has 102 valence electrons. The van der Waals surface area contributed by atoms with Gasteiger partial charge in [-0.1, -0.05) is 6.07 Å². The van der Waals surface area contributed by atoms with Gasteiger partial charge < -0.3 is 9.64 Å². The Kier molecular flexibility index (Phi) is 4.81. The summed E-state index contributed by atoms with van der Waals surface area (Å²) in [5.74, 6) is 0. The van der Waals surface area contributed by atoms with Crippen LogP contribution in [0.1, 0.15) is 5.56 Å². The molecule has 0 bridgehead atoms. The topological polar surface area (TPSA) is 25.4 Å². The molecule has 2 rings (SSSR count). The molecule has 3 nitrogen and oxygen atoms in total. The first kappa shape index (κ1) is 14.3. The van der Waals surface area contributed by atoms with Gasteiger partial charge in [-0.25, -0.2) is 13.8 Å². The Morgan fingerprint density at radius 3 is 2.79 bits per heavy atom. The quantitative estimate of drug-likeness (QED) is 0.602. The maximum atomic E-state index is 12.6. The van der Waals surface area contributed by atoms with Gasteiger partial charge in [0.25, 0.3) is 6.43 Å². The van der Waals surface area contributed by atoms with Gasteiger partial charge in [0.15, 0.2) is 5.05 Å². The van der Waals surface area contributed by atoms with E-state index in [4.69, 9.17) is 17.0 Å². The van der Waals surface area contributed by atoms with Crippen molar-refractivity contribution in [1.29, 1.82) is 0 Å². The van der Waals surface area contributed by atoms with Crippen LogP contribution in [0.5, 0.6) is 0 Å². The number of aromatic nitrogens is 1. The summed E-state index contributed by atoms with van der Waals surface area (Å²) in [4.78, 5) is 5.64. The molecule has 1 aliphatic rings. The van der Waals surface area contributed by atoms with E-state index in [0.717, 1.165) is 5.56 Å². The smallest absolute Gasteiger partial charge is 0.255 e. The Balaban J connectivity index is 2.11. The second-order valence-electron chi connectivity index (χ2n) is 4.00. The molecule has 1 aromatic heterocycles. The SMILES string of the molecule is FC(F)CN(Cc1ccc(Br)nc1)C1=CC(=S)OC1. The van der Waals surface area contributed by atoms with E-state index in [0.29, 0.717) is 21.9 Å². The minimum absolute atomic E-state index is 0.246. The number of nitrogens with zero attached hydrogens (tertiary/aromatic N) is 2. The third kappa shape index (κ3) is 4.21. The zero-order chi connectivity index (χ0) is 13.8. The average Bonchev–Trinajstić information content (AvgIpc) is 2.77. The molecule has 0 unspecified atom stereocenters. The van der Waals surface area contributed by atoms with E-state index < -0.39 is 6.43 Å². The molecule has 0 saturated heterocycles. The van der Waals surface area contributed by atoms with E-state index >= 15 is 0 Å². The maximum absolute atomic E-state index is 12.6. The zero-order valence-electron chi connectivity index (χ0n) is 9.85. The fourth-order valence-corrected chi connectivity index (χ4v) is 2.15. The highest BCUT2D eigenvalue weighted by Gasteiger charge is 2.20. The molecule has 0 N–H and O–H groups in total. The monoisotopic (exact) mass is 348 g/mol. The molecule has 0 spiro atoms. The van der Waals surface area contributed by atoms with Crippen LogP contribution in [0, 0.1) is 0 Å². The zero-order valence-corrected chi connectivity index (χ0v) is 12.3. The Morgan fingerprint density at radius 1 is 1.47 bits per heavy atom. The lowest BCUT2D eigenvalue weighted by Crippen LogP contribution is -2.28. The van der Waals surface area contributed by atoms with Crippen molar-refractivity contribution < 1.29 is 13.5 Å². The number of pyridine rings is 1. The standard InChI is InChI=1S/C12H11BrF2N2OS/c13-10-2-1-8(4-16-10)5-17(6-11(14)15)9-3-12(19)18-7-9/h1-4,11H,5-7H2. The fourth-order valence-electron chi connectivity index (χ4n) is 1.72. The number of rotatable bonds is 5. The third-order valence-corrected chi connectivity index (χ3v) is 3.28. The molecule has 1 aliphatic heterocycles. The Labute approximate surface area is 123 Å². The average molecular weight is 349 g/mol. The van der Waals surface area contributed by atoms with E-state index in [1.54, 1.807) is 23.2 Å². The first-order chi connectivity index (χ1) is 9.04. The van der Waals surface area contributed by atoms with Crippen molar-refractivity contribution in [2.75, 3.05) is 13.2 Å². The second kappa shape index (κ2) is 6.38. The van der Waals surface area contributed by atoms with E-state index in [1.165, 1.54) is 0 Å². The number of halogens is 3. The summed E-state index contributed by atoms with van der Waals surface area (Å²) in [5, 5.41) is 0.336. The molecule has 7 heteroatoms. The Hall–Kier alpha value is -1.08. The van der Waals surface area contributed by atoms with Crippen LogP contribution in [-0.2, 0) is 11.3 Å². The molecule has 0 aliphatic carbocycles. The predicted octanol–water partition coefficient (Wildman–Crippen LogP) is 3.15. The highest BCUT2D eigenvalue weighted by Crippen LogP contribution is 2.18. The molecule has 19 heavy (non-hydrogen) atoms. The Bertz CT molecular complexity index is 493. The van der Waals surface area contributed by atoms with Crippen LogP contribution < -0.4 is 0 Å². The molecule has 0 fully saturated rings. The Morgan fingerprint density at radius 2 is 2.26 bits per heavy atom. The normalized spacial score (nSPS) is 14.5. The van der Waals surface area contributed by atoms with Gasteiger partial charge >= 0.3 is 0 Å². The van der Waals surface area contributed by atoms with Gasteiger partial charge in [-0.2, -0.15) is 0 Å². The van der Waals surface area contributed by atoms with E-state index in [9.17, 15) is 8.78 Å². The lowest BCUT2D eigenvalue weighted by Gasteiger charge is -2.24. The highest BCUT2D eigenvalue weighted by atomic mass is 79.9. The molecular formula is C12H11BrF2N2OS. The lowest BCUT2D eigenvalue weighted by molar-refractivity contribution is 0.0965. The number of hydrogen-bond donors (Lipinski definition) is 0. The van der Waals surface area contributed by atoms with Crippen LogP contribution in [0.3, 0.4) is 0 Å². The summed E-state index contributed by atoms with van der Waals surface area (Å²) in [6.07, 6.45) is 0.847. The summed E-state index contributed by atoms with van der Waals surface area (Å²) in [6, 6.07) is 3.62. The molecule has 0 saturated carbocycles. The van der Waals surface area contributed by atoms with Crippen LogP contribution in [-0.4, -0.2) is 34.5 Å². The van der Waals surface area contributed by atoms with E-state index in [-0.39, 0.29) is 13.2 Å². The van der Waals surface area contributed by atoms with Crippen LogP contribution in [0.15, 0.2) is 34.7 Å². The molecule has 0 amide bonds. The van der Waals surface area contributed by atoms with Gasteiger partial charge in [0.2, 0.25) is 0 Å². The first-order valence-corrected chi connectivity index (χ1v) is 6.75. The number of alkyl halides is 2. The number of thiocarbonyl (C=S) groups is 1. The van der Waals surface area contributed by atoms with Crippen LogP contribution >= 0.6 is 28.1 Å². The van der Waals surface area contributed by atoms with Crippen LogP contribution in [0.25, 0.3) is 0 Å². The fraction of sp³-hybridized carbons (Fsp3) is 0.333. The van der Waals surface area contributed by atoms with E-state index in [2.05, 4.69) is 20.9 Å². The minimum atomic E-state index is -2.42. The van der Waals surface area contributed by atoms with E-state index in [1.807, 2.05) is 6.07 Å². The second-order valence-corrected chi connectivity index (χ2v) is 5.22. The van der Waals surface area contributed by atoms with Crippen molar-refractivity contribution in [3.8, 4) is 0 Å². The summed E-state index contributed by atoms with van der Waals surface area (Å²) in [7, 11) is 0. The summed E-state index contributed by atoms with van der Waals surface area (Å²) < 4.78 is 31.1. The molecule has 0 aromatic carbocycles. The van der Waals surface area contributed by atoms with Crippen molar-refractivity contribution in [1.82, 2.24) is 9.88 Å². The highest BCUT2D eigenvalue weighted by molar-refractivity contribution is 9.10. The lowest BCUT2D eigenvalue weighted by atomic mass is 10.2. The van der Waals surface area contributed by atoms with Crippen molar-refractivity contribution in [3.63, 3.8) is 0 Å². The number of ether oxygens (including phenoxy) is 1. The largest absolute Gasteiger partial charge is 0.477 e. The summed E-state index contributed by atoms with van der Waals surface area (Å²) in [6.45, 7) is 0.242. The van der Waals surface area contributed by atoms with Gasteiger partial charge in [-0.15, -0.1) is 0 Å². The first-order valence-electron chi connectivity index (χ1n) is 5.55. The van der Waals surface area contributed by atoms with Gasteiger partial charge in [-0.05, 0) is 39.8 Å². The van der Waals surface area contributed by atoms with Crippen molar-refractivity contribution in [3.05, 3.63) is 40.3 Å². The van der Waals surface area contributed by atoms with Crippen LogP contribution in [0.4, 0.5) is 8.78 Å². The predicted molar refractivity (Wildman–Crippen MR) is 75.0 cm³/mol. The molecular weight excluding hydrogens is 338 g/mol. The van der Waals surface area contributed by atoms with Crippen molar-refractivity contribution in [2.24, 2.45) is 0 Å². The maximum Gasteiger partial charge on any atom is 0.255 e. The van der Waals surface area contributed by atoms with Gasteiger partial charge in [-0.3, -0.25) is 0 Å². The molecule has 1 aromatic rings. The van der Waals surface area contributed by atoms with Gasteiger partial charge in [0, 0.05) is 18.8 Å². The summed E-state index contributed by atoms with van der Waals surface area (Å²) >= 11 is 8.11. The minimum Gasteiger partial charge on any atom is -0.477 e. The van der Waals surface area contributed by atoms with Gasteiger partial charge in [0.1, 0.15) is 11.2 Å². The van der Waals surface area contributed by atoms with Crippen LogP contribution in [0.2, 0.25) is 0 Å². The molecule has 0 atom stereocenters. The van der Waals surface area contributed by atoms with Crippen molar-refractivity contribution >= 4 is 33.2 Å². The molecule has 0 radical (unpaired) electrons. The molecule has 2 heterocycles. The van der Waals surface area contributed by atoms with Gasteiger partial charge in [0.05, 0.1) is 12.2 Å².